The number of pyridine rings is 1. The van der Waals surface area contributed by atoms with Gasteiger partial charge >= 0.3 is 0 Å². The molecule has 2 heterocycles. The predicted molar refractivity (Wildman–Crippen MR) is 58.6 cm³/mol. The first kappa shape index (κ1) is 9.86. The second kappa shape index (κ2) is 4.70. The van der Waals surface area contributed by atoms with E-state index in [1.807, 2.05) is 12.1 Å². The minimum absolute atomic E-state index is 0.460. The fourth-order valence-corrected chi connectivity index (χ4v) is 1.31. The number of hydrogen-bond donors (Lipinski definition) is 1. The molecular weight excluding hydrogens is 212 g/mol. The van der Waals surface area contributed by atoms with Crippen LogP contribution in [0.4, 0.5) is 5.69 Å². The lowest BCUT2D eigenvalue weighted by molar-refractivity contribution is 1.01. The zero-order valence-electron chi connectivity index (χ0n) is 7.89. The molecule has 0 aliphatic heterocycles. The van der Waals surface area contributed by atoms with E-state index in [1.54, 1.807) is 24.8 Å². The van der Waals surface area contributed by atoms with Crippen LogP contribution in [0.25, 0.3) is 0 Å². The number of nitrogens with zero attached hydrogens (tertiary/aromatic N) is 3. The summed E-state index contributed by atoms with van der Waals surface area (Å²) in [5.74, 6) is 0. The first-order valence-corrected chi connectivity index (χ1v) is 4.83. The van der Waals surface area contributed by atoms with Gasteiger partial charge in [-0.15, -0.1) is 0 Å². The van der Waals surface area contributed by atoms with E-state index in [0.717, 1.165) is 11.4 Å². The first-order valence-electron chi connectivity index (χ1n) is 4.45. The average molecular weight is 221 g/mol. The summed E-state index contributed by atoms with van der Waals surface area (Å²) in [5.41, 5.74) is 1.65. The monoisotopic (exact) mass is 220 g/mol. The molecule has 4 nitrogen and oxygen atoms in total. The maximum absolute atomic E-state index is 5.88. The molecule has 0 saturated carbocycles. The highest BCUT2D eigenvalue weighted by molar-refractivity contribution is 6.31. The second-order valence-electron chi connectivity index (χ2n) is 2.89. The molecule has 0 bridgehead atoms. The van der Waals surface area contributed by atoms with Crippen molar-refractivity contribution in [2.75, 3.05) is 5.32 Å². The van der Waals surface area contributed by atoms with Crippen molar-refractivity contribution in [3.8, 4) is 0 Å². The minimum Gasteiger partial charge on any atom is -0.377 e. The third-order valence-electron chi connectivity index (χ3n) is 1.84. The van der Waals surface area contributed by atoms with Crippen LogP contribution in [0.3, 0.4) is 0 Å². The Hall–Kier alpha value is -1.68. The van der Waals surface area contributed by atoms with Gasteiger partial charge < -0.3 is 5.32 Å². The molecule has 0 atom stereocenters. The van der Waals surface area contributed by atoms with Crippen molar-refractivity contribution < 1.29 is 0 Å². The van der Waals surface area contributed by atoms with E-state index in [2.05, 4.69) is 20.3 Å². The molecular formula is C10H9ClN4. The third-order valence-corrected chi connectivity index (χ3v) is 2.14. The summed E-state index contributed by atoms with van der Waals surface area (Å²) in [6.45, 7) is 0.583. The topological polar surface area (TPSA) is 50.7 Å². The second-order valence-corrected chi connectivity index (χ2v) is 3.25. The van der Waals surface area contributed by atoms with Gasteiger partial charge in [-0.1, -0.05) is 11.6 Å². The van der Waals surface area contributed by atoms with Gasteiger partial charge in [-0.05, 0) is 12.1 Å². The molecule has 0 aromatic carbocycles. The molecule has 0 aliphatic carbocycles. The highest BCUT2D eigenvalue weighted by Gasteiger charge is 1.99. The zero-order chi connectivity index (χ0) is 10.5. The molecule has 0 fully saturated rings. The maximum Gasteiger partial charge on any atom is 0.152 e. The Kier molecular flexibility index (Phi) is 3.09. The van der Waals surface area contributed by atoms with Crippen molar-refractivity contribution in [1.82, 2.24) is 15.0 Å². The minimum atomic E-state index is 0.460. The summed E-state index contributed by atoms with van der Waals surface area (Å²) >= 11 is 5.88. The molecule has 2 aromatic rings. The number of halogens is 1. The lowest BCUT2D eigenvalue weighted by atomic mass is 10.4. The molecule has 0 aliphatic rings. The summed E-state index contributed by atoms with van der Waals surface area (Å²) in [6.07, 6.45) is 6.65. The average Bonchev–Trinajstić information content (AvgIpc) is 2.29. The highest BCUT2D eigenvalue weighted by atomic mass is 35.5. The number of aromatic nitrogens is 3. The van der Waals surface area contributed by atoms with E-state index >= 15 is 0 Å². The van der Waals surface area contributed by atoms with Crippen LogP contribution in [0.15, 0.2) is 36.9 Å². The number of hydrogen-bond acceptors (Lipinski definition) is 4. The standard InChI is InChI=1S/C10H9ClN4/c11-10-9(2-1-3-14-10)15-7-8-6-12-4-5-13-8/h1-6,15H,7H2. The van der Waals surface area contributed by atoms with Gasteiger partial charge in [0.15, 0.2) is 5.15 Å². The summed E-state index contributed by atoms with van der Waals surface area (Å²) in [5, 5.41) is 3.59. The molecule has 0 unspecified atom stereocenters. The van der Waals surface area contributed by atoms with Crippen molar-refractivity contribution in [3.63, 3.8) is 0 Å². The summed E-state index contributed by atoms with van der Waals surface area (Å²) in [6, 6.07) is 3.69. The molecule has 5 heteroatoms. The van der Waals surface area contributed by atoms with E-state index in [1.165, 1.54) is 0 Å². The van der Waals surface area contributed by atoms with Crippen LogP contribution in [0.2, 0.25) is 5.15 Å². The number of rotatable bonds is 3. The van der Waals surface area contributed by atoms with Crippen molar-refractivity contribution in [3.05, 3.63) is 47.8 Å². The van der Waals surface area contributed by atoms with Crippen LogP contribution in [0.5, 0.6) is 0 Å². The van der Waals surface area contributed by atoms with Gasteiger partial charge in [0.2, 0.25) is 0 Å². The summed E-state index contributed by atoms with van der Waals surface area (Å²) in [7, 11) is 0. The summed E-state index contributed by atoms with van der Waals surface area (Å²) in [4.78, 5) is 12.1. The lowest BCUT2D eigenvalue weighted by Crippen LogP contribution is -2.02. The molecule has 2 rings (SSSR count). The van der Waals surface area contributed by atoms with Gasteiger partial charge in [-0.3, -0.25) is 9.97 Å². The van der Waals surface area contributed by atoms with Gasteiger partial charge in [0.25, 0.3) is 0 Å². The van der Waals surface area contributed by atoms with E-state index in [9.17, 15) is 0 Å². The molecule has 0 amide bonds. The third kappa shape index (κ3) is 2.63. The maximum atomic E-state index is 5.88. The van der Waals surface area contributed by atoms with Crippen molar-refractivity contribution in [1.29, 1.82) is 0 Å². The van der Waals surface area contributed by atoms with Crippen molar-refractivity contribution >= 4 is 17.3 Å². The van der Waals surface area contributed by atoms with Crippen molar-refractivity contribution in [2.45, 2.75) is 6.54 Å². The molecule has 0 saturated heterocycles. The van der Waals surface area contributed by atoms with Crippen molar-refractivity contribution in [2.24, 2.45) is 0 Å². The molecule has 76 valence electrons. The van der Waals surface area contributed by atoms with E-state index in [4.69, 9.17) is 11.6 Å². The fraction of sp³-hybridized carbons (Fsp3) is 0.100. The van der Waals surface area contributed by atoms with Crippen LogP contribution in [0.1, 0.15) is 5.69 Å². The Balaban J connectivity index is 2.03. The van der Waals surface area contributed by atoms with Crippen LogP contribution < -0.4 is 5.32 Å². The molecule has 0 spiro atoms. The van der Waals surface area contributed by atoms with E-state index in [0.29, 0.717) is 11.7 Å². The lowest BCUT2D eigenvalue weighted by Gasteiger charge is -2.05. The van der Waals surface area contributed by atoms with Crippen LogP contribution in [0, 0.1) is 0 Å². The number of nitrogens with one attached hydrogen (secondary N) is 1. The molecule has 15 heavy (non-hydrogen) atoms. The van der Waals surface area contributed by atoms with Gasteiger partial charge in [0.1, 0.15) is 0 Å². The van der Waals surface area contributed by atoms with Crippen LogP contribution in [-0.4, -0.2) is 15.0 Å². The van der Waals surface area contributed by atoms with Crippen LogP contribution in [-0.2, 0) is 6.54 Å². The Morgan fingerprint density at radius 2 is 2.13 bits per heavy atom. The molecule has 1 N–H and O–H groups in total. The van der Waals surface area contributed by atoms with E-state index < -0.39 is 0 Å². The van der Waals surface area contributed by atoms with Gasteiger partial charge in [0, 0.05) is 18.6 Å². The largest absolute Gasteiger partial charge is 0.377 e. The normalized spacial score (nSPS) is 9.93. The van der Waals surface area contributed by atoms with Crippen LogP contribution >= 0.6 is 11.6 Å². The van der Waals surface area contributed by atoms with Gasteiger partial charge in [0.05, 0.1) is 24.1 Å². The first-order chi connectivity index (χ1) is 7.36. The Morgan fingerprint density at radius 3 is 2.87 bits per heavy atom. The smallest absolute Gasteiger partial charge is 0.152 e. The Labute approximate surface area is 92.4 Å². The molecule has 2 aromatic heterocycles. The number of anilines is 1. The fourth-order valence-electron chi connectivity index (χ4n) is 1.12. The predicted octanol–water partition coefficient (Wildman–Crippen LogP) is 2.14. The highest BCUT2D eigenvalue weighted by Crippen LogP contribution is 2.17. The molecule has 0 radical (unpaired) electrons. The zero-order valence-corrected chi connectivity index (χ0v) is 8.65. The SMILES string of the molecule is Clc1ncccc1NCc1cnccn1. The van der Waals surface area contributed by atoms with E-state index in [-0.39, 0.29) is 0 Å². The quantitative estimate of drug-likeness (QED) is 0.806. The Bertz CT molecular complexity index is 432. The van der Waals surface area contributed by atoms with Gasteiger partial charge in [-0.25, -0.2) is 4.98 Å². The van der Waals surface area contributed by atoms with Gasteiger partial charge in [-0.2, -0.15) is 0 Å². The Morgan fingerprint density at radius 1 is 1.20 bits per heavy atom. The summed E-state index contributed by atoms with van der Waals surface area (Å²) < 4.78 is 0.